The van der Waals surface area contributed by atoms with Gasteiger partial charge >= 0.3 is 0 Å². The molecule has 1 aliphatic rings. The zero-order chi connectivity index (χ0) is 11.0. The van der Waals surface area contributed by atoms with E-state index in [1.54, 1.807) is 11.3 Å². The normalized spacial score (nSPS) is 16.3. The summed E-state index contributed by atoms with van der Waals surface area (Å²) < 4.78 is 0. The third-order valence-corrected chi connectivity index (χ3v) is 4.09. The molecule has 0 atom stereocenters. The summed E-state index contributed by atoms with van der Waals surface area (Å²) in [4.78, 5) is 3.74. The maximum Gasteiger partial charge on any atom is 0.107 e. The van der Waals surface area contributed by atoms with Gasteiger partial charge in [0.1, 0.15) is 5.69 Å². The number of thiophene rings is 1. The molecule has 1 N–H and O–H groups in total. The smallest absolute Gasteiger partial charge is 0.107 e. The lowest BCUT2D eigenvalue weighted by molar-refractivity contribution is 0.267. The standard InChI is InChI=1S/C12H15N3S/c1-2-15-6-5-10-9(8-15)12(14-13-10)11-4-3-7-16-11/h3-4,7H,2,5-6,8H2,1H3,(H,13,14). The predicted molar refractivity (Wildman–Crippen MR) is 66.6 cm³/mol. The van der Waals surface area contributed by atoms with E-state index in [1.807, 2.05) is 0 Å². The number of aromatic nitrogens is 2. The van der Waals surface area contributed by atoms with Gasteiger partial charge in [0.15, 0.2) is 0 Å². The highest BCUT2D eigenvalue weighted by molar-refractivity contribution is 7.13. The van der Waals surface area contributed by atoms with Crippen LogP contribution in [0.2, 0.25) is 0 Å². The summed E-state index contributed by atoms with van der Waals surface area (Å²) in [6.45, 7) is 5.52. The van der Waals surface area contributed by atoms with Gasteiger partial charge in [-0.3, -0.25) is 10.00 Å². The van der Waals surface area contributed by atoms with Crippen molar-refractivity contribution < 1.29 is 0 Å². The van der Waals surface area contributed by atoms with Crippen LogP contribution < -0.4 is 0 Å². The van der Waals surface area contributed by atoms with Crippen molar-refractivity contribution in [3.63, 3.8) is 0 Å². The van der Waals surface area contributed by atoms with E-state index in [0.717, 1.165) is 31.7 Å². The molecule has 0 aromatic carbocycles. The molecule has 1 aliphatic heterocycles. The van der Waals surface area contributed by atoms with Crippen LogP contribution in [0.5, 0.6) is 0 Å². The van der Waals surface area contributed by atoms with E-state index < -0.39 is 0 Å². The third-order valence-electron chi connectivity index (χ3n) is 3.21. The summed E-state index contributed by atoms with van der Waals surface area (Å²) in [7, 11) is 0. The number of aromatic amines is 1. The van der Waals surface area contributed by atoms with E-state index in [1.165, 1.54) is 16.1 Å². The van der Waals surface area contributed by atoms with Crippen molar-refractivity contribution in [2.75, 3.05) is 13.1 Å². The lowest BCUT2D eigenvalue weighted by Crippen LogP contribution is -2.30. The van der Waals surface area contributed by atoms with Gasteiger partial charge in [-0.2, -0.15) is 5.10 Å². The van der Waals surface area contributed by atoms with Crippen molar-refractivity contribution in [2.45, 2.75) is 19.9 Å². The molecule has 0 radical (unpaired) electrons. The van der Waals surface area contributed by atoms with E-state index in [2.05, 4.69) is 39.5 Å². The lowest BCUT2D eigenvalue weighted by Gasteiger charge is -2.25. The van der Waals surface area contributed by atoms with Crippen LogP contribution >= 0.6 is 11.3 Å². The molecule has 0 aliphatic carbocycles. The molecule has 0 amide bonds. The minimum absolute atomic E-state index is 1.04. The van der Waals surface area contributed by atoms with Gasteiger partial charge in [-0.25, -0.2) is 0 Å². The lowest BCUT2D eigenvalue weighted by atomic mass is 10.0. The first-order valence-electron chi connectivity index (χ1n) is 5.71. The van der Waals surface area contributed by atoms with E-state index in [4.69, 9.17) is 0 Å². The average Bonchev–Trinajstić information content (AvgIpc) is 2.96. The highest BCUT2D eigenvalue weighted by Gasteiger charge is 2.21. The number of likely N-dealkylation sites (N-methyl/N-ethyl adjacent to an activating group) is 1. The number of fused-ring (bicyclic) bond motifs is 1. The Bertz CT molecular complexity index is 472. The summed E-state index contributed by atoms with van der Waals surface area (Å²) in [5, 5.41) is 9.76. The Kier molecular flexibility index (Phi) is 2.53. The average molecular weight is 233 g/mol. The molecule has 3 nitrogen and oxygen atoms in total. The van der Waals surface area contributed by atoms with Crippen LogP contribution in [0.15, 0.2) is 17.5 Å². The largest absolute Gasteiger partial charge is 0.299 e. The maximum atomic E-state index is 4.47. The Morgan fingerprint density at radius 2 is 2.50 bits per heavy atom. The fraction of sp³-hybridized carbons (Fsp3) is 0.417. The summed E-state index contributed by atoms with van der Waals surface area (Å²) in [5.41, 5.74) is 3.88. The first-order valence-corrected chi connectivity index (χ1v) is 6.58. The fourth-order valence-corrected chi connectivity index (χ4v) is 2.98. The molecule has 2 aromatic rings. The van der Waals surface area contributed by atoms with Gasteiger partial charge in [-0.05, 0) is 18.0 Å². The molecule has 84 valence electrons. The first kappa shape index (κ1) is 10.1. The monoisotopic (exact) mass is 233 g/mol. The zero-order valence-corrected chi connectivity index (χ0v) is 10.2. The van der Waals surface area contributed by atoms with Gasteiger partial charge in [0.05, 0.1) is 4.88 Å². The number of nitrogens with one attached hydrogen (secondary N) is 1. The van der Waals surface area contributed by atoms with Crippen molar-refractivity contribution in [3.05, 3.63) is 28.8 Å². The van der Waals surface area contributed by atoms with Crippen LogP contribution in [-0.2, 0) is 13.0 Å². The second-order valence-electron chi connectivity index (χ2n) is 4.13. The topological polar surface area (TPSA) is 31.9 Å². The Balaban J connectivity index is 2.00. The van der Waals surface area contributed by atoms with Gasteiger partial charge in [-0.15, -0.1) is 11.3 Å². The van der Waals surface area contributed by atoms with Gasteiger partial charge in [-0.1, -0.05) is 13.0 Å². The minimum atomic E-state index is 1.04. The van der Waals surface area contributed by atoms with Crippen LogP contribution in [0.1, 0.15) is 18.2 Å². The van der Waals surface area contributed by atoms with Crippen molar-refractivity contribution >= 4 is 11.3 Å². The molecular weight excluding hydrogens is 218 g/mol. The second-order valence-corrected chi connectivity index (χ2v) is 5.07. The van der Waals surface area contributed by atoms with Crippen LogP contribution in [-0.4, -0.2) is 28.2 Å². The van der Waals surface area contributed by atoms with Gasteiger partial charge in [0, 0.05) is 30.8 Å². The highest BCUT2D eigenvalue weighted by atomic mass is 32.1. The van der Waals surface area contributed by atoms with Gasteiger partial charge in [0.2, 0.25) is 0 Å². The molecule has 2 aromatic heterocycles. The molecule has 3 heterocycles. The van der Waals surface area contributed by atoms with Gasteiger partial charge < -0.3 is 0 Å². The van der Waals surface area contributed by atoms with Crippen LogP contribution in [0.4, 0.5) is 0 Å². The van der Waals surface area contributed by atoms with E-state index in [0.29, 0.717) is 0 Å². The summed E-state index contributed by atoms with van der Waals surface area (Å²) >= 11 is 1.76. The number of nitrogens with zero attached hydrogens (tertiary/aromatic N) is 2. The van der Waals surface area contributed by atoms with E-state index >= 15 is 0 Å². The van der Waals surface area contributed by atoms with Crippen LogP contribution in [0.3, 0.4) is 0 Å². The van der Waals surface area contributed by atoms with E-state index in [9.17, 15) is 0 Å². The predicted octanol–water partition coefficient (Wildman–Crippen LogP) is 2.52. The zero-order valence-electron chi connectivity index (χ0n) is 9.36. The minimum Gasteiger partial charge on any atom is -0.299 e. The van der Waals surface area contributed by atoms with E-state index in [-0.39, 0.29) is 0 Å². The summed E-state index contributed by atoms with van der Waals surface area (Å²) in [6, 6.07) is 4.23. The molecule has 0 spiro atoms. The summed E-state index contributed by atoms with van der Waals surface area (Å²) in [5.74, 6) is 0. The quantitative estimate of drug-likeness (QED) is 0.864. The Hall–Kier alpha value is -1.13. The molecule has 0 unspecified atom stereocenters. The second kappa shape index (κ2) is 4.03. The van der Waals surface area contributed by atoms with Crippen molar-refractivity contribution in [1.82, 2.24) is 15.1 Å². The SMILES string of the molecule is CCN1CCc2[nH]nc(-c3cccs3)c2C1. The molecule has 16 heavy (non-hydrogen) atoms. The van der Waals surface area contributed by atoms with Crippen molar-refractivity contribution in [1.29, 1.82) is 0 Å². The number of H-pyrrole nitrogens is 1. The van der Waals surface area contributed by atoms with Crippen molar-refractivity contribution in [3.8, 4) is 10.6 Å². The molecule has 0 bridgehead atoms. The summed E-state index contributed by atoms with van der Waals surface area (Å²) in [6.07, 6.45) is 1.10. The van der Waals surface area contributed by atoms with Crippen molar-refractivity contribution in [2.24, 2.45) is 0 Å². The third kappa shape index (κ3) is 1.58. The highest BCUT2D eigenvalue weighted by Crippen LogP contribution is 2.30. The number of hydrogen-bond acceptors (Lipinski definition) is 3. The maximum absolute atomic E-state index is 4.47. The fourth-order valence-electron chi connectivity index (χ4n) is 2.24. The van der Waals surface area contributed by atoms with Gasteiger partial charge in [0.25, 0.3) is 0 Å². The van der Waals surface area contributed by atoms with Crippen LogP contribution in [0, 0.1) is 0 Å². The molecule has 0 saturated heterocycles. The molecule has 0 saturated carbocycles. The molecule has 3 rings (SSSR count). The van der Waals surface area contributed by atoms with Crippen LogP contribution in [0.25, 0.3) is 10.6 Å². The Morgan fingerprint density at radius 1 is 1.56 bits per heavy atom. The first-order chi connectivity index (χ1) is 7.88. The molecule has 0 fully saturated rings. The Labute approximate surface area is 99.1 Å². The Morgan fingerprint density at radius 3 is 3.25 bits per heavy atom. The number of rotatable bonds is 2. The molecular formula is C12H15N3S. The molecule has 4 heteroatoms. The number of hydrogen-bond donors (Lipinski definition) is 1.